The van der Waals surface area contributed by atoms with Crippen LogP contribution in [0.1, 0.15) is 0 Å². The molecule has 0 amide bonds. The van der Waals surface area contributed by atoms with Crippen LogP contribution in [0.5, 0.6) is 0 Å². The fraction of sp³-hybridized carbons (Fsp3) is 0. The first-order valence-electron chi connectivity index (χ1n) is 20.8. The minimum Gasteiger partial charge on any atom is -0.455 e. The highest BCUT2D eigenvalue weighted by molar-refractivity contribution is 7.26. The first-order valence-corrected chi connectivity index (χ1v) is 21.7. The molecule has 0 aliphatic rings. The largest absolute Gasteiger partial charge is 0.455 e. The number of para-hydroxylation sites is 3. The molecule has 0 atom stereocenters. The second kappa shape index (κ2) is 14.1. The van der Waals surface area contributed by atoms with Crippen LogP contribution in [-0.2, 0) is 0 Å². The van der Waals surface area contributed by atoms with Crippen LogP contribution < -0.4 is 0 Å². The van der Waals surface area contributed by atoms with Crippen molar-refractivity contribution in [1.82, 2.24) is 29.5 Å². The molecule has 5 aromatic heterocycles. The number of nitrogens with zero attached hydrogens (tertiary/aromatic N) is 6. The van der Waals surface area contributed by atoms with Crippen molar-refractivity contribution in [2.24, 2.45) is 0 Å². The Morgan fingerprint density at radius 1 is 0.413 bits per heavy atom. The van der Waals surface area contributed by atoms with Gasteiger partial charge in [-0.2, -0.15) is 0 Å². The lowest BCUT2D eigenvalue weighted by Crippen LogP contribution is -2.00. The van der Waals surface area contributed by atoms with Crippen molar-refractivity contribution >= 4 is 75.4 Å². The Labute approximate surface area is 364 Å². The zero-order valence-corrected chi connectivity index (χ0v) is 34.3. The molecule has 294 valence electrons. The summed E-state index contributed by atoms with van der Waals surface area (Å²) in [6, 6.07) is 66.7. The monoisotopic (exact) mass is 824 g/mol. The van der Waals surface area contributed by atoms with E-state index in [0.29, 0.717) is 23.3 Å². The molecule has 0 spiro atoms. The van der Waals surface area contributed by atoms with Crippen LogP contribution in [0.15, 0.2) is 199 Å². The van der Waals surface area contributed by atoms with Gasteiger partial charge in [0.1, 0.15) is 11.2 Å². The molecule has 0 saturated heterocycles. The lowest BCUT2D eigenvalue weighted by molar-refractivity contribution is 0.669. The Balaban J connectivity index is 1.00. The first-order chi connectivity index (χ1) is 31.2. The standard InChI is InChI=1S/C55H32N6OS/c1-4-16-33(17-5-1)48-51-49(39-23-11-13-29-46(39)63-51)57-55(56-48)41-26-14-24-37-42-32-35(30-31-45(42)62-50(37)41)53-58-52(34-18-6-2-7-19-34)59-54(60-53)40-25-15-28-44-47(40)38-22-10-12-27-43(38)61(44)36-20-8-3-9-21-36/h1-32H. The smallest absolute Gasteiger partial charge is 0.164 e. The fourth-order valence-electron chi connectivity index (χ4n) is 9.02. The summed E-state index contributed by atoms with van der Waals surface area (Å²) in [5.41, 5.74) is 11.2. The molecule has 8 heteroatoms. The van der Waals surface area contributed by atoms with Gasteiger partial charge in [-0.3, -0.25) is 0 Å². The summed E-state index contributed by atoms with van der Waals surface area (Å²) >= 11 is 1.73. The van der Waals surface area contributed by atoms with Crippen molar-refractivity contribution in [3.63, 3.8) is 0 Å². The minimum atomic E-state index is 0.570. The van der Waals surface area contributed by atoms with Crippen molar-refractivity contribution in [3.05, 3.63) is 194 Å². The Kier molecular flexibility index (Phi) is 7.94. The van der Waals surface area contributed by atoms with Crippen molar-refractivity contribution in [3.8, 4) is 62.5 Å². The number of fused-ring (bicyclic) bond motifs is 9. The highest BCUT2D eigenvalue weighted by Crippen LogP contribution is 2.43. The average Bonchev–Trinajstić information content (AvgIpc) is 4.04. The molecular weight excluding hydrogens is 793 g/mol. The third kappa shape index (κ3) is 5.69. The number of rotatable bonds is 6. The lowest BCUT2D eigenvalue weighted by Gasteiger charge is -2.10. The molecule has 0 radical (unpaired) electrons. The van der Waals surface area contributed by atoms with E-state index in [1.165, 1.54) is 4.70 Å². The van der Waals surface area contributed by atoms with Gasteiger partial charge in [0, 0.05) is 59.6 Å². The molecule has 13 aromatic rings. The molecule has 0 saturated carbocycles. The summed E-state index contributed by atoms with van der Waals surface area (Å²) in [5, 5.41) is 5.24. The van der Waals surface area contributed by atoms with Crippen LogP contribution >= 0.6 is 11.3 Å². The molecule has 63 heavy (non-hydrogen) atoms. The van der Waals surface area contributed by atoms with E-state index >= 15 is 0 Å². The number of benzene rings is 8. The third-order valence-corrected chi connectivity index (χ3v) is 13.0. The van der Waals surface area contributed by atoms with E-state index in [1.54, 1.807) is 11.3 Å². The predicted molar refractivity (Wildman–Crippen MR) is 257 cm³/mol. The molecular formula is C55H32N6OS. The van der Waals surface area contributed by atoms with Crippen LogP contribution in [0.3, 0.4) is 0 Å². The van der Waals surface area contributed by atoms with E-state index in [9.17, 15) is 0 Å². The number of aromatic nitrogens is 6. The average molecular weight is 825 g/mol. The highest BCUT2D eigenvalue weighted by Gasteiger charge is 2.22. The zero-order valence-electron chi connectivity index (χ0n) is 33.5. The number of thiophene rings is 1. The predicted octanol–water partition coefficient (Wildman–Crippen LogP) is 14.4. The summed E-state index contributed by atoms with van der Waals surface area (Å²) in [6.45, 7) is 0. The second-order valence-corrected chi connectivity index (χ2v) is 16.6. The maximum absolute atomic E-state index is 6.74. The Hall–Kier alpha value is -8.33. The van der Waals surface area contributed by atoms with E-state index < -0.39 is 0 Å². The number of hydrogen-bond acceptors (Lipinski definition) is 7. The normalized spacial score (nSPS) is 11.8. The van der Waals surface area contributed by atoms with E-state index in [4.69, 9.17) is 29.3 Å². The van der Waals surface area contributed by atoms with Crippen LogP contribution in [0.25, 0.3) is 127 Å². The molecule has 8 aromatic carbocycles. The van der Waals surface area contributed by atoms with Crippen LogP contribution in [0.2, 0.25) is 0 Å². The fourth-order valence-corrected chi connectivity index (χ4v) is 10.2. The van der Waals surface area contributed by atoms with Gasteiger partial charge in [0.25, 0.3) is 0 Å². The van der Waals surface area contributed by atoms with Gasteiger partial charge < -0.3 is 8.98 Å². The molecule has 0 fully saturated rings. The van der Waals surface area contributed by atoms with Crippen LogP contribution in [0, 0.1) is 0 Å². The van der Waals surface area contributed by atoms with E-state index in [2.05, 4.69) is 144 Å². The first kappa shape index (κ1) is 35.4. The van der Waals surface area contributed by atoms with Gasteiger partial charge in [0.2, 0.25) is 0 Å². The molecule has 5 heterocycles. The molecule has 0 aliphatic carbocycles. The lowest BCUT2D eigenvalue weighted by atomic mass is 10.0. The maximum atomic E-state index is 6.74. The van der Waals surface area contributed by atoms with Crippen molar-refractivity contribution in [2.45, 2.75) is 0 Å². The van der Waals surface area contributed by atoms with Crippen molar-refractivity contribution in [2.75, 3.05) is 0 Å². The van der Waals surface area contributed by atoms with Gasteiger partial charge >= 0.3 is 0 Å². The molecule has 0 unspecified atom stereocenters. The van der Waals surface area contributed by atoms with Crippen molar-refractivity contribution < 1.29 is 4.42 Å². The van der Waals surface area contributed by atoms with E-state index in [0.717, 1.165) is 98.5 Å². The summed E-state index contributed by atoms with van der Waals surface area (Å²) in [7, 11) is 0. The minimum absolute atomic E-state index is 0.570. The number of hydrogen-bond donors (Lipinski definition) is 0. The Morgan fingerprint density at radius 2 is 1.03 bits per heavy atom. The van der Waals surface area contributed by atoms with Gasteiger partial charge in [-0.15, -0.1) is 11.3 Å². The zero-order chi connectivity index (χ0) is 41.4. The molecule has 13 rings (SSSR count). The summed E-state index contributed by atoms with van der Waals surface area (Å²) in [5.74, 6) is 2.39. The topological polar surface area (TPSA) is 82.5 Å². The molecule has 0 bridgehead atoms. The van der Waals surface area contributed by atoms with Crippen LogP contribution in [-0.4, -0.2) is 29.5 Å². The van der Waals surface area contributed by atoms with E-state index in [1.807, 2.05) is 54.6 Å². The molecule has 0 N–H and O–H groups in total. The Bertz CT molecular complexity index is 3910. The summed E-state index contributed by atoms with van der Waals surface area (Å²) in [4.78, 5) is 26.1. The van der Waals surface area contributed by atoms with Crippen molar-refractivity contribution in [1.29, 1.82) is 0 Å². The quantitative estimate of drug-likeness (QED) is 0.166. The van der Waals surface area contributed by atoms with Gasteiger partial charge in [-0.25, -0.2) is 24.9 Å². The van der Waals surface area contributed by atoms with Gasteiger partial charge in [-0.05, 0) is 54.6 Å². The van der Waals surface area contributed by atoms with Gasteiger partial charge in [-0.1, -0.05) is 140 Å². The van der Waals surface area contributed by atoms with E-state index in [-0.39, 0.29) is 0 Å². The SMILES string of the molecule is c1ccc(-c2nc(-c3ccc4oc5c(-c6nc(-c7ccccc7)c7sc8ccccc8c7n6)cccc5c4c3)nc(-c3cccc4c3c3ccccc3n4-c3ccccc3)n2)cc1. The highest BCUT2D eigenvalue weighted by atomic mass is 32.1. The molecule has 0 aliphatic heterocycles. The molecule has 7 nitrogen and oxygen atoms in total. The number of furan rings is 1. The Morgan fingerprint density at radius 3 is 1.86 bits per heavy atom. The third-order valence-electron chi connectivity index (χ3n) is 11.9. The summed E-state index contributed by atoms with van der Waals surface area (Å²) in [6.07, 6.45) is 0. The van der Waals surface area contributed by atoms with Crippen LogP contribution in [0.4, 0.5) is 0 Å². The van der Waals surface area contributed by atoms with Gasteiger partial charge in [0.15, 0.2) is 23.3 Å². The second-order valence-electron chi connectivity index (χ2n) is 15.6. The van der Waals surface area contributed by atoms with Gasteiger partial charge in [0.05, 0.1) is 32.5 Å². The summed E-state index contributed by atoms with van der Waals surface area (Å²) < 4.78 is 11.3. The maximum Gasteiger partial charge on any atom is 0.164 e.